The molecule has 0 aromatic heterocycles. The second kappa shape index (κ2) is 25.8. The number of methoxy groups -OCH3 is 1. The molecule has 2 saturated heterocycles. The van der Waals surface area contributed by atoms with Crippen molar-refractivity contribution in [3.63, 3.8) is 0 Å². The maximum atomic E-state index is 14.2. The number of carbonyl (C=O) groups excluding carboxylic acids is 6. The van der Waals surface area contributed by atoms with Crippen molar-refractivity contribution >= 4 is 46.2 Å². The molecular weight excluding hydrogens is 974 g/mol. The molecule has 2 aliphatic heterocycles. The number of carbonyl (C=O) groups is 6. The Bertz CT molecular complexity index is 2720. The molecule has 5 aromatic rings. The van der Waals surface area contributed by atoms with Gasteiger partial charge >= 0.3 is 59.4 Å². The molecule has 1 amide bonds. The predicted octanol–water partition coefficient (Wildman–Crippen LogP) is 1.10. The van der Waals surface area contributed by atoms with E-state index in [1.807, 2.05) is 0 Å². The van der Waals surface area contributed by atoms with E-state index in [-0.39, 0.29) is 58.4 Å². The number of ether oxygens (including phenoxy) is 9. The summed E-state index contributed by atoms with van der Waals surface area (Å²) in [6, 6.07) is 36.8. The number of hydrogen-bond acceptors (Lipinski definition) is 19. The molecule has 7 rings (SSSR count). The Kier molecular flexibility index (Phi) is 19.7. The van der Waals surface area contributed by atoms with Gasteiger partial charge in [0.1, 0.15) is 31.0 Å². The second-order valence-electron chi connectivity index (χ2n) is 15.8. The van der Waals surface area contributed by atoms with Gasteiger partial charge in [-0.05, 0) is 54.1 Å². The third kappa shape index (κ3) is 14.6. The van der Waals surface area contributed by atoms with Crippen LogP contribution in [-0.2, 0) is 73.4 Å². The van der Waals surface area contributed by atoms with E-state index in [9.17, 15) is 41.7 Å². The SMILES string of the molecule is COC(=O)[C@H]1O[C@@H](O[C@H]2[C@@H](OS(=O)(=O)[O-])[C@@H](COC(=O)c3ccccc3)OC(OCc3ccccc3)[C@@H]2NC(C)=O)[C@H](OC(=O)c2ccccc2)[C@@H](OC(=O)c2ccccc2)[C@@H]1OC(=O)c1ccccc1.[Na+]. The standard InChI is InChI=1S/C50H47NO19S.Na/c1-30(52)51-37-39(38(70-71(58,59)60)36(29-62-44(53)32-20-10-4-11-21-32)64-49(37)63-28-31-18-8-3-9-19-31)68-50-43(67-47(56)35-26-16-7-17-27-35)41(66-46(55)34-24-14-6-15-25-34)40(42(69-50)48(57)61-2)65-45(54)33-22-12-5-13-23-33;/h3-27,36-43,49-50H,28-29H2,1-2H3,(H,51,52)(H,58,59,60);/q;+1/p-1/t36-,37-,38+,39-,40+,41+,42+,43-,49?,50-;/m1./s1. The summed E-state index contributed by atoms with van der Waals surface area (Å²) in [6.07, 6.45) is -18.2. The molecule has 0 bridgehead atoms. The van der Waals surface area contributed by atoms with Crippen LogP contribution < -0.4 is 34.9 Å². The number of benzene rings is 5. The van der Waals surface area contributed by atoms with Crippen molar-refractivity contribution in [2.24, 2.45) is 0 Å². The van der Waals surface area contributed by atoms with E-state index in [4.69, 9.17) is 46.8 Å². The van der Waals surface area contributed by atoms with Crippen LogP contribution in [0.5, 0.6) is 0 Å². The van der Waals surface area contributed by atoms with Crippen LogP contribution >= 0.6 is 0 Å². The Balaban J connectivity index is 0.00000847. The molecule has 0 saturated carbocycles. The van der Waals surface area contributed by atoms with Crippen molar-refractivity contribution in [3.8, 4) is 0 Å². The predicted molar refractivity (Wildman–Crippen MR) is 241 cm³/mol. The molecule has 20 nitrogen and oxygen atoms in total. The van der Waals surface area contributed by atoms with Crippen LogP contribution in [-0.4, -0.2) is 124 Å². The van der Waals surface area contributed by atoms with Crippen LogP contribution in [0.1, 0.15) is 53.9 Å². The summed E-state index contributed by atoms with van der Waals surface area (Å²) in [4.78, 5) is 82.4. The first-order valence-corrected chi connectivity index (χ1v) is 23.1. The average Bonchev–Trinajstić information content (AvgIpc) is 3.38. The van der Waals surface area contributed by atoms with Crippen LogP contribution in [0, 0.1) is 0 Å². The maximum absolute atomic E-state index is 14.2. The zero-order chi connectivity index (χ0) is 50.5. The number of amides is 1. The first-order chi connectivity index (χ1) is 34.2. The van der Waals surface area contributed by atoms with Gasteiger partial charge in [-0.1, -0.05) is 103 Å². The Labute approximate surface area is 435 Å². The first-order valence-electron chi connectivity index (χ1n) is 21.8. The van der Waals surface area contributed by atoms with Crippen LogP contribution in [0.4, 0.5) is 0 Å². The van der Waals surface area contributed by atoms with Gasteiger partial charge < -0.3 is 52.5 Å². The van der Waals surface area contributed by atoms with Gasteiger partial charge in [-0.3, -0.25) is 8.98 Å². The van der Waals surface area contributed by atoms with Gasteiger partial charge in [-0.2, -0.15) is 0 Å². The fourth-order valence-electron chi connectivity index (χ4n) is 7.62. The summed E-state index contributed by atoms with van der Waals surface area (Å²) in [6.45, 7) is 0.0198. The summed E-state index contributed by atoms with van der Waals surface area (Å²) in [7, 11) is -4.81. The smallest absolute Gasteiger partial charge is 0.726 e. The van der Waals surface area contributed by atoms with Crippen LogP contribution in [0.15, 0.2) is 152 Å². The molecule has 10 atom stereocenters. The number of hydrogen-bond donors (Lipinski definition) is 1. The van der Waals surface area contributed by atoms with Gasteiger partial charge in [-0.25, -0.2) is 32.4 Å². The largest absolute Gasteiger partial charge is 1.00 e. The van der Waals surface area contributed by atoms with Crippen molar-refractivity contribution < 1.29 is 118 Å². The van der Waals surface area contributed by atoms with E-state index in [0.717, 1.165) is 14.0 Å². The van der Waals surface area contributed by atoms with Crippen molar-refractivity contribution in [1.29, 1.82) is 0 Å². The van der Waals surface area contributed by atoms with Gasteiger partial charge in [0.2, 0.25) is 16.3 Å². The fraction of sp³-hybridized carbons (Fsp3) is 0.280. The van der Waals surface area contributed by atoms with Gasteiger partial charge in [0.25, 0.3) is 0 Å². The average molecular weight is 1020 g/mol. The molecule has 1 N–H and O–H groups in total. The fourth-order valence-corrected chi connectivity index (χ4v) is 8.12. The van der Waals surface area contributed by atoms with Crippen molar-refractivity contribution in [2.45, 2.75) is 74.9 Å². The van der Waals surface area contributed by atoms with E-state index in [2.05, 4.69) is 5.32 Å². The summed E-state index contributed by atoms with van der Waals surface area (Å²) in [5.41, 5.74) is 0.515. The van der Waals surface area contributed by atoms with Crippen LogP contribution in [0.3, 0.4) is 0 Å². The Hall–Kier alpha value is -6.37. The molecule has 0 radical (unpaired) electrons. The quantitative estimate of drug-likeness (QED) is 0.0423. The van der Waals surface area contributed by atoms with Crippen LogP contribution in [0.2, 0.25) is 0 Å². The van der Waals surface area contributed by atoms with Crippen molar-refractivity contribution in [1.82, 2.24) is 5.32 Å². The molecule has 72 heavy (non-hydrogen) atoms. The molecule has 0 spiro atoms. The zero-order valence-electron chi connectivity index (χ0n) is 38.8. The van der Waals surface area contributed by atoms with E-state index < -0.39 is 114 Å². The Morgan fingerprint density at radius 1 is 0.569 bits per heavy atom. The van der Waals surface area contributed by atoms with E-state index in [1.54, 1.807) is 66.7 Å². The monoisotopic (exact) mass is 1020 g/mol. The molecule has 2 aliphatic rings. The summed E-state index contributed by atoms with van der Waals surface area (Å²) >= 11 is 0. The number of nitrogens with one attached hydrogen (secondary N) is 1. The molecule has 2 fully saturated rings. The van der Waals surface area contributed by atoms with Gasteiger partial charge in [0.05, 0.1) is 36.0 Å². The normalized spacial score (nSPS) is 23.7. The Morgan fingerprint density at radius 3 is 1.47 bits per heavy atom. The summed E-state index contributed by atoms with van der Waals surface area (Å²) in [5.74, 6) is -6.19. The van der Waals surface area contributed by atoms with Gasteiger partial charge in [0, 0.05) is 6.92 Å². The molecule has 372 valence electrons. The van der Waals surface area contributed by atoms with Crippen molar-refractivity contribution in [2.75, 3.05) is 13.7 Å². The Morgan fingerprint density at radius 2 is 1.01 bits per heavy atom. The van der Waals surface area contributed by atoms with Gasteiger partial charge in [-0.15, -0.1) is 0 Å². The molecule has 22 heteroatoms. The summed E-state index contributed by atoms with van der Waals surface area (Å²) < 4.78 is 97.0. The van der Waals surface area contributed by atoms with Gasteiger partial charge in [0.15, 0.2) is 37.0 Å². The second-order valence-corrected chi connectivity index (χ2v) is 16.8. The minimum absolute atomic E-state index is 0. The molecule has 1 unspecified atom stereocenters. The van der Waals surface area contributed by atoms with Crippen LogP contribution in [0.25, 0.3) is 0 Å². The molecule has 0 aliphatic carbocycles. The minimum Gasteiger partial charge on any atom is -0.726 e. The molecular formula is C50H46NNaO19S. The first kappa shape index (κ1) is 55.0. The van der Waals surface area contributed by atoms with E-state index in [0.29, 0.717) is 5.56 Å². The topological polar surface area (TPSA) is 264 Å². The maximum Gasteiger partial charge on any atom is 1.00 e. The summed E-state index contributed by atoms with van der Waals surface area (Å²) in [5, 5.41) is 2.57. The third-order valence-electron chi connectivity index (χ3n) is 10.9. The number of rotatable bonds is 18. The van der Waals surface area contributed by atoms with Crippen molar-refractivity contribution in [3.05, 3.63) is 179 Å². The van der Waals surface area contributed by atoms with E-state index in [1.165, 1.54) is 84.9 Å². The van der Waals surface area contributed by atoms with E-state index >= 15 is 0 Å². The number of esters is 5. The molecule has 2 heterocycles. The zero-order valence-corrected chi connectivity index (χ0v) is 41.6. The molecule has 5 aromatic carbocycles. The minimum atomic E-state index is -5.78. The third-order valence-corrected chi connectivity index (χ3v) is 11.3.